The summed E-state index contributed by atoms with van der Waals surface area (Å²) in [6.45, 7) is 7.66. The average molecular weight is 273 g/mol. The van der Waals surface area contributed by atoms with Gasteiger partial charge < -0.3 is 15.2 Å². The summed E-state index contributed by atoms with van der Waals surface area (Å²) in [5.74, 6) is -0.891. The maximum atomic E-state index is 11.4. The Labute approximate surface area is 118 Å². The number of ketones is 1. The number of hydrogen-bond donors (Lipinski definition) is 3. The van der Waals surface area contributed by atoms with Gasteiger partial charge in [0.05, 0.1) is 5.69 Å². The number of rotatable bonds is 2. The fraction of sp³-hybridized carbons (Fsp3) is 0.312. The lowest BCUT2D eigenvalue weighted by molar-refractivity contribution is 0.101. The minimum absolute atomic E-state index is 0.0446. The number of carbonyl (C=O) groups excluding carboxylic acids is 1. The summed E-state index contributed by atoms with van der Waals surface area (Å²) in [4.78, 5) is 14.0. The van der Waals surface area contributed by atoms with Gasteiger partial charge in [0.25, 0.3) is 0 Å². The lowest BCUT2D eigenvalue weighted by Gasteiger charge is -2.19. The summed E-state index contributed by atoms with van der Waals surface area (Å²) in [7, 11) is 0. The number of aromatic hydroxyl groups is 2. The topological polar surface area (TPSA) is 73.3 Å². The molecule has 20 heavy (non-hydrogen) atoms. The largest absolute Gasteiger partial charge is 0.505 e. The Kier molecular flexibility index (Phi) is 3.34. The molecule has 0 radical (unpaired) electrons. The van der Waals surface area contributed by atoms with Crippen molar-refractivity contribution in [3.05, 3.63) is 35.4 Å². The summed E-state index contributed by atoms with van der Waals surface area (Å²) in [6.07, 6.45) is 0. The van der Waals surface area contributed by atoms with Crippen molar-refractivity contribution in [2.75, 3.05) is 0 Å². The van der Waals surface area contributed by atoms with Gasteiger partial charge in [0.15, 0.2) is 11.5 Å². The van der Waals surface area contributed by atoms with Crippen LogP contribution in [0.2, 0.25) is 0 Å². The molecule has 2 rings (SSSR count). The Hall–Kier alpha value is -2.23. The summed E-state index contributed by atoms with van der Waals surface area (Å²) in [5, 5.41) is 19.7. The van der Waals surface area contributed by atoms with Gasteiger partial charge >= 0.3 is 0 Å². The molecule has 0 atom stereocenters. The molecule has 1 aromatic heterocycles. The monoisotopic (exact) mass is 273 g/mol. The summed E-state index contributed by atoms with van der Waals surface area (Å²) in [6, 6.07) is 7.66. The molecule has 3 N–H and O–H groups in total. The number of aromatic nitrogens is 1. The van der Waals surface area contributed by atoms with Crippen molar-refractivity contribution in [2.45, 2.75) is 33.1 Å². The fourth-order valence-corrected chi connectivity index (χ4v) is 2.16. The van der Waals surface area contributed by atoms with Gasteiger partial charge in [-0.3, -0.25) is 4.79 Å². The van der Waals surface area contributed by atoms with Gasteiger partial charge in [0.1, 0.15) is 5.56 Å². The second kappa shape index (κ2) is 4.71. The maximum absolute atomic E-state index is 11.4. The Bertz CT molecular complexity index is 646. The molecule has 0 spiro atoms. The number of carbonyl (C=O) groups is 1. The van der Waals surface area contributed by atoms with Crippen molar-refractivity contribution in [2.24, 2.45) is 0 Å². The minimum atomic E-state index is -0.381. The molecule has 0 saturated carbocycles. The smallest absolute Gasteiger partial charge is 0.203 e. The van der Waals surface area contributed by atoms with E-state index in [1.165, 1.54) is 12.5 Å². The molecule has 4 heteroatoms. The van der Waals surface area contributed by atoms with Crippen LogP contribution in [0.3, 0.4) is 0 Å². The van der Waals surface area contributed by atoms with E-state index in [-0.39, 0.29) is 28.4 Å². The van der Waals surface area contributed by atoms with Gasteiger partial charge in [-0.15, -0.1) is 0 Å². The van der Waals surface area contributed by atoms with Gasteiger partial charge in [0.2, 0.25) is 5.88 Å². The second-order valence-corrected chi connectivity index (χ2v) is 5.96. The first-order chi connectivity index (χ1) is 9.21. The van der Waals surface area contributed by atoms with Crippen molar-refractivity contribution in [3.63, 3.8) is 0 Å². The molecule has 106 valence electrons. The third kappa shape index (κ3) is 2.41. The van der Waals surface area contributed by atoms with Crippen LogP contribution in [0.4, 0.5) is 0 Å². The molecule has 4 nitrogen and oxygen atoms in total. The predicted octanol–water partition coefficient (Wildman–Crippen LogP) is 3.59. The number of Topliss-reactive ketones (excluding diaryl/α,β-unsaturated/α-hetero) is 1. The molecular formula is C16H19NO3. The second-order valence-electron chi connectivity index (χ2n) is 5.96. The lowest BCUT2D eigenvalue weighted by atomic mass is 9.86. The third-order valence-corrected chi connectivity index (χ3v) is 3.35. The van der Waals surface area contributed by atoms with Gasteiger partial charge in [0, 0.05) is 5.56 Å². The first-order valence-corrected chi connectivity index (χ1v) is 6.47. The first-order valence-electron chi connectivity index (χ1n) is 6.47. The van der Waals surface area contributed by atoms with Gasteiger partial charge in [-0.2, -0.15) is 0 Å². The third-order valence-electron chi connectivity index (χ3n) is 3.35. The van der Waals surface area contributed by atoms with E-state index in [4.69, 9.17) is 0 Å². The molecule has 1 heterocycles. The molecule has 2 aromatic rings. The quantitative estimate of drug-likeness (QED) is 0.732. The van der Waals surface area contributed by atoms with Crippen molar-refractivity contribution in [3.8, 4) is 22.9 Å². The fourth-order valence-electron chi connectivity index (χ4n) is 2.16. The molecule has 0 aliphatic heterocycles. The van der Waals surface area contributed by atoms with Crippen LogP contribution < -0.4 is 0 Å². The van der Waals surface area contributed by atoms with E-state index < -0.39 is 0 Å². The van der Waals surface area contributed by atoms with Crippen LogP contribution in [0.15, 0.2) is 24.3 Å². The summed E-state index contributed by atoms with van der Waals surface area (Å²) >= 11 is 0. The van der Waals surface area contributed by atoms with Crippen LogP contribution in [0.5, 0.6) is 11.6 Å². The summed E-state index contributed by atoms with van der Waals surface area (Å²) < 4.78 is 0. The Balaban J connectivity index is 2.48. The van der Waals surface area contributed by atoms with E-state index >= 15 is 0 Å². The zero-order valence-electron chi connectivity index (χ0n) is 12.1. The molecule has 0 aliphatic carbocycles. The molecule has 1 aromatic carbocycles. The average Bonchev–Trinajstić information content (AvgIpc) is 2.64. The van der Waals surface area contributed by atoms with E-state index in [0.717, 1.165) is 5.56 Å². The van der Waals surface area contributed by atoms with E-state index in [1.807, 2.05) is 24.3 Å². The van der Waals surface area contributed by atoms with Gasteiger partial charge in [-0.25, -0.2) is 0 Å². The van der Waals surface area contributed by atoms with Gasteiger partial charge in [-0.1, -0.05) is 45.0 Å². The number of hydrogen-bond acceptors (Lipinski definition) is 3. The Morgan fingerprint density at radius 1 is 1.10 bits per heavy atom. The number of H-pyrrole nitrogens is 1. The highest BCUT2D eigenvalue weighted by atomic mass is 16.3. The minimum Gasteiger partial charge on any atom is -0.505 e. The number of benzene rings is 1. The van der Waals surface area contributed by atoms with E-state index in [9.17, 15) is 15.0 Å². The van der Waals surface area contributed by atoms with E-state index in [0.29, 0.717) is 5.69 Å². The summed E-state index contributed by atoms with van der Waals surface area (Å²) in [5.41, 5.74) is 2.22. The van der Waals surface area contributed by atoms with E-state index in [2.05, 4.69) is 25.8 Å². The van der Waals surface area contributed by atoms with Crippen molar-refractivity contribution in [1.82, 2.24) is 4.98 Å². The number of aromatic amines is 1. The molecule has 0 bridgehead atoms. The van der Waals surface area contributed by atoms with E-state index in [1.54, 1.807) is 0 Å². The zero-order valence-corrected chi connectivity index (χ0v) is 12.1. The SMILES string of the molecule is CC(=O)c1c(O)[nH]c(-c2ccc(C(C)(C)C)cc2)c1O. The number of nitrogens with one attached hydrogen (secondary N) is 1. The van der Waals surface area contributed by atoms with Crippen molar-refractivity contribution >= 4 is 5.78 Å². The molecule has 0 aliphatic rings. The zero-order chi connectivity index (χ0) is 15.1. The molecular weight excluding hydrogens is 254 g/mol. The standard InChI is InChI=1S/C16H19NO3/c1-9(18)12-14(19)13(17-15(12)20)10-5-7-11(8-6-10)16(2,3)4/h5-8,17,19-20H,1-4H3. The van der Waals surface area contributed by atoms with Crippen molar-refractivity contribution < 1.29 is 15.0 Å². The molecule has 0 unspecified atom stereocenters. The maximum Gasteiger partial charge on any atom is 0.203 e. The van der Waals surface area contributed by atoms with Crippen molar-refractivity contribution in [1.29, 1.82) is 0 Å². The van der Waals surface area contributed by atoms with Crippen LogP contribution in [0, 0.1) is 0 Å². The highest BCUT2D eigenvalue weighted by Crippen LogP contribution is 2.38. The highest BCUT2D eigenvalue weighted by molar-refractivity contribution is 6.01. The molecule has 0 amide bonds. The molecule has 0 fully saturated rings. The Morgan fingerprint density at radius 2 is 1.65 bits per heavy atom. The van der Waals surface area contributed by atoms with Crippen LogP contribution >= 0.6 is 0 Å². The first kappa shape index (κ1) is 14.2. The van der Waals surface area contributed by atoms with Gasteiger partial charge in [-0.05, 0) is 17.9 Å². The lowest BCUT2D eigenvalue weighted by Crippen LogP contribution is -2.10. The van der Waals surface area contributed by atoms with Crippen LogP contribution in [-0.2, 0) is 5.41 Å². The van der Waals surface area contributed by atoms with Crippen LogP contribution in [-0.4, -0.2) is 21.0 Å². The van der Waals surface area contributed by atoms with Crippen LogP contribution in [0.25, 0.3) is 11.3 Å². The normalized spacial score (nSPS) is 11.6. The van der Waals surface area contributed by atoms with Crippen LogP contribution in [0.1, 0.15) is 43.6 Å². The molecule has 0 saturated heterocycles. The highest BCUT2D eigenvalue weighted by Gasteiger charge is 2.21. The predicted molar refractivity (Wildman–Crippen MR) is 78.3 cm³/mol. The Morgan fingerprint density at radius 3 is 2.05 bits per heavy atom.